The molecule has 0 aliphatic heterocycles. The van der Waals surface area contributed by atoms with Gasteiger partial charge in [0.1, 0.15) is 5.75 Å². The second-order valence-electron chi connectivity index (χ2n) is 7.37. The molecular formula is C26H23Cl2N3O5S. The minimum atomic E-state index is -4.31. The molecule has 0 radical (unpaired) electrons. The zero-order valence-corrected chi connectivity index (χ0v) is 21.9. The van der Waals surface area contributed by atoms with Gasteiger partial charge in [-0.3, -0.25) is 9.78 Å². The van der Waals surface area contributed by atoms with Crippen molar-refractivity contribution in [3.63, 3.8) is 0 Å². The zero-order chi connectivity index (χ0) is 24.8. The van der Waals surface area contributed by atoms with Crippen molar-refractivity contribution in [1.29, 1.82) is 0 Å². The number of pyridine rings is 2. The Kier molecular flexibility index (Phi) is 10.2. The summed E-state index contributed by atoms with van der Waals surface area (Å²) >= 11 is 0. The molecule has 0 bridgehead atoms. The van der Waals surface area contributed by atoms with Crippen molar-refractivity contribution in [2.45, 2.75) is 4.90 Å². The van der Waals surface area contributed by atoms with Crippen molar-refractivity contribution in [2.75, 3.05) is 11.4 Å². The highest BCUT2D eigenvalue weighted by molar-refractivity contribution is 7.93. The van der Waals surface area contributed by atoms with E-state index in [2.05, 4.69) is 4.98 Å². The number of carbonyl (C=O) groups is 1. The van der Waals surface area contributed by atoms with Crippen LogP contribution >= 0.6 is 24.8 Å². The number of benzene rings is 2. The Balaban J connectivity index is 0.00000241. The minimum Gasteiger partial charge on any atom is -0.619 e. The number of amides is 1. The fraction of sp³-hybridized carbons (Fsp3) is 0.0385. The van der Waals surface area contributed by atoms with Gasteiger partial charge in [-0.05, 0) is 53.6 Å². The van der Waals surface area contributed by atoms with E-state index in [1.807, 2.05) is 0 Å². The van der Waals surface area contributed by atoms with Gasteiger partial charge in [0.05, 0.1) is 17.7 Å². The summed E-state index contributed by atoms with van der Waals surface area (Å²) in [7, 11) is -2.83. The molecule has 0 N–H and O–H groups in total. The Morgan fingerprint density at radius 1 is 0.919 bits per heavy atom. The lowest BCUT2D eigenvalue weighted by molar-refractivity contribution is -0.605. The van der Waals surface area contributed by atoms with Crippen LogP contribution in [0.5, 0.6) is 5.75 Å². The number of methoxy groups -OCH3 is 1. The van der Waals surface area contributed by atoms with Crippen LogP contribution in [0.25, 0.3) is 12.2 Å². The Bertz CT molecular complexity index is 1460. The summed E-state index contributed by atoms with van der Waals surface area (Å²) in [6.45, 7) is 0. The lowest BCUT2D eigenvalue weighted by atomic mass is 10.1. The zero-order valence-electron chi connectivity index (χ0n) is 19.5. The molecule has 37 heavy (non-hydrogen) atoms. The van der Waals surface area contributed by atoms with Crippen molar-refractivity contribution in [1.82, 2.24) is 4.98 Å². The van der Waals surface area contributed by atoms with E-state index < -0.39 is 15.9 Å². The lowest BCUT2D eigenvalue weighted by Crippen LogP contribution is -2.37. The molecule has 0 atom stereocenters. The molecule has 4 aromatic rings. The van der Waals surface area contributed by atoms with E-state index in [9.17, 15) is 18.4 Å². The van der Waals surface area contributed by atoms with Gasteiger partial charge in [0, 0.05) is 30.1 Å². The molecule has 0 aliphatic carbocycles. The summed E-state index contributed by atoms with van der Waals surface area (Å²) in [5.74, 6) is -0.238. The molecule has 2 aromatic heterocycles. The molecule has 0 unspecified atom stereocenters. The summed E-state index contributed by atoms with van der Waals surface area (Å²) in [6, 6.07) is 18.7. The predicted octanol–water partition coefficient (Wildman–Crippen LogP) is 4.77. The Morgan fingerprint density at radius 3 is 2.16 bits per heavy atom. The monoisotopic (exact) mass is 559 g/mol. The number of halogens is 2. The highest BCUT2D eigenvalue weighted by Gasteiger charge is 2.33. The third kappa shape index (κ3) is 6.65. The molecular weight excluding hydrogens is 537 g/mol. The number of hydrogen-bond donors (Lipinski definition) is 0. The summed E-state index contributed by atoms with van der Waals surface area (Å²) in [4.78, 5) is 17.4. The first-order valence-electron chi connectivity index (χ1n) is 10.5. The average Bonchev–Trinajstić information content (AvgIpc) is 2.89. The molecule has 192 valence electrons. The van der Waals surface area contributed by atoms with Crippen molar-refractivity contribution < 1.29 is 22.7 Å². The third-order valence-electron chi connectivity index (χ3n) is 5.15. The van der Waals surface area contributed by atoms with E-state index in [1.54, 1.807) is 48.6 Å². The Labute approximate surface area is 227 Å². The van der Waals surface area contributed by atoms with E-state index in [1.165, 1.54) is 68.3 Å². The van der Waals surface area contributed by atoms with Gasteiger partial charge in [-0.1, -0.05) is 30.4 Å². The van der Waals surface area contributed by atoms with Crippen molar-refractivity contribution in [3.8, 4) is 5.75 Å². The number of hydrogen-bond acceptors (Lipinski definition) is 6. The highest BCUT2D eigenvalue weighted by atomic mass is 35.5. The summed E-state index contributed by atoms with van der Waals surface area (Å²) < 4.78 is 34.2. The van der Waals surface area contributed by atoms with E-state index in [-0.39, 0.29) is 41.0 Å². The second kappa shape index (κ2) is 12.9. The number of sulfonamides is 1. The van der Waals surface area contributed by atoms with Gasteiger partial charge in [-0.15, -0.1) is 24.8 Å². The average molecular weight is 560 g/mol. The summed E-state index contributed by atoms with van der Waals surface area (Å²) in [5, 5.41) is 11.3. The van der Waals surface area contributed by atoms with Gasteiger partial charge in [0.15, 0.2) is 12.4 Å². The van der Waals surface area contributed by atoms with Crippen LogP contribution < -0.4 is 13.8 Å². The SMILES string of the molecule is COc1ccc(S(=O)(=O)N(C(=O)c2ccncc2)c2ccccc2/C=C/c2cc[n+]([O-])cc2)cc1.Cl.Cl. The predicted molar refractivity (Wildman–Crippen MR) is 146 cm³/mol. The molecule has 2 heterocycles. The Hall–Kier alpha value is -3.92. The maximum atomic E-state index is 13.8. The number of carbonyl (C=O) groups excluding carboxylic acids is 1. The minimum absolute atomic E-state index is 0. The van der Waals surface area contributed by atoms with Crippen molar-refractivity contribution >= 4 is 58.6 Å². The third-order valence-corrected chi connectivity index (χ3v) is 6.86. The fourth-order valence-electron chi connectivity index (χ4n) is 3.35. The van der Waals surface area contributed by atoms with Crippen molar-refractivity contribution in [3.05, 3.63) is 119 Å². The van der Waals surface area contributed by atoms with Gasteiger partial charge in [-0.25, -0.2) is 8.42 Å². The molecule has 11 heteroatoms. The number of ether oxygens (including phenoxy) is 1. The summed E-state index contributed by atoms with van der Waals surface area (Å²) in [6.07, 6.45) is 8.99. The van der Waals surface area contributed by atoms with Crippen LogP contribution in [0.4, 0.5) is 5.69 Å². The van der Waals surface area contributed by atoms with E-state index in [4.69, 9.17) is 4.74 Å². The number of rotatable bonds is 7. The number of nitrogens with zero attached hydrogens (tertiary/aromatic N) is 3. The van der Waals surface area contributed by atoms with E-state index >= 15 is 0 Å². The quantitative estimate of drug-likeness (QED) is 0.238. The normalized spacial score (nSPS) is 10.7. The number of anilines is 1. The largest absolute Gasteiger partial charge is 0.619 e. The smallest absolute Gasteiger partial charge is 0.272 e. The van der Waals surface area contributed by atoms with Crippen LogP contribution in [-0.4, -0.2) is 26.4 Å². The van der Waals surface area contributed by atoms with Crippen LogP contribution in [-0.2, 0) is 10.0 Å². The van der Waals surface area contributed by atoms with Crippen LogP contribution in [0.3, 0.4) is 0 Å². The van der Waals surface area contributed by atoms with Gasteiger partial charge in [-0.2, -0.15) is 9.04 Å². The molecule has 1 amide bonds. The first kappa shape index (κ1) is 29.3. The maximum absolute atomic E-state index is 13.8. The number of aromatic nitrogens is 2. The second-order valence-corrected chi connectivity index (χ2v) is 9.16. The highest BCUT2D eigenvalue weighted by Crippen LogP contribution is 2.31. The fourth-order valence-corrected chi connectivity index (χ4v) is 4.79. The lowest BCUT2D eigenvalue weighted by Gasteiger charge is -2.24. The first-order valence-corrected chi connectivity index (χ1v) is 11.9. The van der Waals surface area contributed by atoms with Crippen molar-refractivity contribution in [2.24, 2.45) is 0 Å². The molecule has 0 aliphatic rings. The summed E-state index contributed by atoms with van der Waals surface area (Å²) in [5.41, 5.74) is 1.57. The van der Waals surface area contributed by atoms with Gasteiger partial charge >= 0.3 is 0 Å². The standard InChI is InChI=1S/C26H21N3O5S.2ClH/c1-34-23-8-10-24(11-9-23)35(32,33)29(26(30)22-12-16-27-17-13-22)25-5-3-2-4-21(25)7-6-20-14-18-28(31)19-15-20;;/h2-19H,1H3;2*1H/b7-6+;;. The van der Waals surface area contributed by atoms with E-state index in [0.29, 0.717) is 16.0 Å². The maximum Gasteiger partial charge on any atom is 0.272 e. The van der Waals surface area contributed by atoms with E-state index in [0.717, 1.165) is 9.87 Å². The van der Waals surface area contributed by atoms with Gasteiger partial charge in [0.25, 0.3) is 15.9 Å². The van der Waals surface area contributed by atoms with Crippen LogP contribution in [0.15, 0.2) is 102 Å². The van der Waals surface area contributed by atoms with Crippen LogP contribution in [0.2, 0.25) is 0 Å². The number of para-hydroxylation sites is 1. The topological polar surface area (TPSA) is 104 Å². The van der Waals surface area contributed by atoms with Gasteiger partial charge < -0.3 is 9.94 Å². The molecule has 0 saturated heterocycles. The molecule has 0 saturated carbocycles. The van der Waals surface area contributed by atoms with Gasteiger partial charge in [0.2, 0.25) is 0 Å². The molecule has 0 spiro atoms. The molecule has 2 aromatic carbocycles. The van der Waals surface area contributed by atoms with Crippen LogP contribution in [0.1, 0.15) is 21.5 Å². The Morgan fingerprint density at radius 2 is 1.54 bits per heavy atom. The van der Waals surface area contributed by atoms with Crippen LogP contribution in [0, 0.1) is 5.21 Å². The molecule has 4 rings (SSSR count). The molecule has 8 nitrogen and oxygen atoms in total. The first-order chi connectivity index (χ1) is 16.9. The molecule has 0 fully saturated rings.